The molecular formula is C15H23NO4S. The second-order valence-corrected chi connectivity index (χ2v) is 7.02. The van der Waals surface area contributed by atoms with Crippen molar-refractivity contribution in [3.63, 3.8) is 0 Å². The van der Waals surface area contributed by atoms with Crippen LogP contribution < -0.4 is 14.8 Å². The van der Waals surface area contributed by atoms with Gasteiger partial charge in [-0.25, -0.2) is 0 Å². The molecule has 0 radical (unpaired) electrons. The molecular weight excluding hydrogens is 290 g/mol. The Labute approximate surface area is 128 Å². The van der Waals surface area contributed by atoms with E-state index in [2.05, 4.69) is 19.2 Å². The van der Waals surface area contributed by atoms with E-state index in [9.17, 15) is 9.32 Å². The predicted molar refractivity (Wildman–Crippen MR) is 82.4 cm³/mol. The first-order chi connectivity index (χ1) is 10.1. The third kappa shape index (κ3) is 4.98. The number of aliphatic hydroxyl groups excluding tert-OH is 1. The highest BCUT2D eigenvalue weighted by Crippen LogP contribution is 2.31. The number of fused-ring (bicyclic) bond motifs is 1. The van der Waals surface area contributed by atoms with Gasteiger partial charge in [0.15, 0.2) is 11.5 Å². The second kappa shape index (κ2) is 7.77. The summed E-state index contributed by atoms with van der Waals surface area (Å²) in [7, 11) is -1.25. The van der Waals surface area contributed by atoms with Gasteiger partial charge < -0.3 is 19.9 Å². The fraction of sp³-hybridized carbons (Fsp3) is 0.600. The molecule has 1 aromatic carbocycles. The van der Waals surface area contributed by atoms with Crippen molar-refractivity contribution in [1.82, 2.24) is 5.32 Å². The van der Waals surface area contributed by atoms with Gasteiger partial charge in [-0.05, 0) is 24.6 Å². The molecule has 1 heterocycles. The van der Waals surface area contributed by atoms with Gasteiger partial charge in [-0.15, -0.1) is 0 Å². The van der Waals surface area contributed by atoms with Gasteiger partial charge in [-0.3, -0.25) is 4.21 Å². The number of aliphatic hydroxyl groups is 1. The third-order valence-electron chi connectivity index (χ3n) is 3.05. The quantitative estimate of drug-likeness (QED) is 0.791. The van der Waals surface area contributed by atoms with Crippen LogP contribution >= 0.6 is 0 Å². The zero-order valence-corrected chi connectivity index (χ0v) is 13.3. The summed E-state index contributed by atoms with van der Waals surface area (Å²) >= 11 is 0. The van der Waals surface area contributed by atoms with Gasteiger partial charge in [0.1, 0.15) is 13.2 Å². The first-order valence-electron chi connectivity index (χ1n) is 7.23. The molecule has 2 atom stereocenters. The van der Waals surface area contributed by atoms with Gasteiger partial charge in [0, 0.05) is 17.5 Å². The van der Waals surface area contributed by atoms with E-state index in [1.54, 1.807) is 18.2 Å². The lowest BCUT2D eigenvalue weighted by Crippen LogP contribution is -2.33. The fourth-order valence-corrected chi connectivity index (χ4v) is 3.15. The summed E-state index contributed by atoms with van der Waals surface area (Å²) in [5, 5.41) is 13.1. The lowest BCUT2D eigenvalue weighted by Gasteiger charge is -2.19. The molecule has 118 valence electrons. The molecule has 0 aromatic heterocycles. The largest absolute Gasteiger partial charge is 0.486 e. The Kier molecular flexibility index (Phi) is 6.02. The first-order valence-corrected chi connectivity index (χ1v) is 8.55. The van der Waals surface area contributed by atoms with Crippen molar-refractivity contribution in [3.05, 3.63) is 18.2 Å². The Morgan fingerprint density at radius 1 is 1.24 bits per heavy atom. The fourth-order valence-electron chi connectivity index (χ4n) is 2.03. The summed E-state index contributed by atoms with van der Waals surface area (Å²) in [5.74, 6) is 2.05. The van der Waals surface area contributed by atoms with Crippen molar-refractivity contribution in [2.75, 3.05) is 32.1 Å². The van der Waals surface area contributed by atoms with E-state index < -0.39 is 16.9 Å². The number of ether oxygens (including phenoxy) is 2. The normalized spacial score (nSPS) is 16.8. The molecule has 1 aliphatic heterocycles. The van der Waals surface area contributed by atoms with Gasteiger partial charge in [0.25, 0.3) is 0 Å². The maximum atomic E-state index is 12.3. The minimum atomic E-state index is -1.25. The molecule has 0 fully saturated rings. The molecule has 2 N–H and O–H groups in total. The molecule has 0 bridgehead atoms. The second-order valence-electron chi connectivity index (χ2n) is 5.52. The van der Waals surface area contributed by atoms with Crippen LogP contribution in [0, 0.1) is 5.92 Å². The predicted octanol–water partition coefficient (Wildman–Crippen LogP) is 1.17. The zero-order chi connectivity index (χ0) is 15.2. The topological polar surface area (TPSA) is 67.8 Å². The molecule has 1 aromatic rings. The highest BCUT2D eigenvalue weighted by molar-refractivity contribution is 7.85. The van der Waals surface area contributed by atoms with E-state index in [0.29, 0.717) is 42.1 Å². The Morgan fingerprint density at radius 2 is 1.95 bits per heavy atom. The van der Waals surface area contributed by atoms with E-state index >= 15 is 0 Å². The molecule has 2 rings (SSSR count). The van der Waals surface area contributed by atoms with Crippen LogP contribution in [0.4, 0.5) is 0 Å². The van der Waals surface area contributed by atoms with Crippen molar-refractivity contribution < 1.29 is 18.8 Å². The van der Waals surface area contributed by atoms with Gasteiger partial charge >= 0.3 is 0 Å². The Bertz CT molecular complexity index is 493. The number of hydrogen-bond acceptors (Lipinski definition) is 5. The molecule has 0 amide bonds. The number of hydrogen-bond donors (Lipinski definition) is 2. The molecule has 21 heavy (non-hydrogen) atoms. The maximum Gasteiger partial charge on any atom is 0.162 e. The van der Waals surface area contributed by atoms with E-state index in [0.717, 1.165) is 6.54 Å². The van der Waals surface area contributed by atoms with Gasteiger partial charge in [-0.1, -0.05) is 13.8 Å². The van der Waals surface area contributed by atoms with Crippen molar-refractivity contribution in [2.45, 2.75) is 24.8 Å². The maximum absolute atomic E-state index is 12.3. The van der Waals surface area contributed by atoms with Crippen LogP contribution in [0.5, 0.6) is 11.5 Å². The van der Waals surface area contributed by atoms with Crippen LogP contribution in [0.15, 0.2) is 23.1 Å². The van der Waals surface area contributed by atoms with Crippen molar-refractivity contribution in [1.29, 1.82) is 0 Å². The van der Waals surface area contributed by atoms with Gasteiger partial charge in [-0.2, -0.15) is 0 Å². The molecule has 0 saturated carbocycles. The zero-order valence-electron chi connectivity index (χ0n) is 12.5. The van der Waals surface area contributed by atoms with Crippen LogP contribution in [-0.4, -0.2) is 47.5 Å². The van der Waals surface area contributed by atoms with Crippen molar-refractivity contribution >= 4 is 10.8 Å². The highest BCUT2D eigenvalue weighted by atomic mass is 32.2. The highest BCUT2D eigenvalue weighted by Gasteiger charge is 2.16. The summed E-state index contributed by atoms with van der Waals surface area (Å²) in [6, 6.07) is 5.27. The number of benzene rings is 1. The van der Waals surface area contributed by atoms with E-state index in [1.807, 2.05) is 0 Å². The number of nitrogens with one attached hydrogen (secondary N) is 1. The Balaban J connectivity index is 1.88. The molecule has 2 unspecified atom stereocenters. The molecule has 5 nitrogen and oxygen atoms in total. The van der Waals surface area contributed by atoms with E-state index in [1.165, 1.54) is 0 Å². The summed E-state index contributed by atoms with van der Waals surface area (Å²) in [6.07, 6.45) is -0.627. The molecule has 0 saturated heterocycles. The van der Waals surface area contributed by atoms with Gasteiger partial charge in [0.2, 0.25) is 0 Å². The molecule has 6 heteroatoms. The number of rotatable bonds is 7. The summed E-state index contributed by atoms with van der Waals surface area (Å²) < 4.78 is 23.2. The Hall–Kier alpha value is -1.11. The van der Waals surface area contributed by atoms with E-state index in [4.69, 9.17) is 9.47 Å². The van der Waals surface area contributed by atoms with Crippen molar-refractivity contribution in [3.8, 4) is 11.5 Å². The average molecular weight is 313 g/mol. The SMILES string of the molecule is CC(C)CNCC(O)CS(=O)c1ccc2c(c1)OCCO2. The van der Waals surface area contributed by atoms with Crippen LogP contribution in [0.1, 0.15) is 13.8 Å². The molecule has 1 aliphatic rings. The molecule has 0 aliphatic carbocycles. The summed E-state index contributed by atoms with van der Waals surface area (Å²) in [6.45, 7) is 6.54. The van der Waals surface area contributed by atoms with Crippen LogP contribution in [0.2, 0.25) is 0 Å². The monoisotopic (exact) mass is 313 g/mol. The average Bonchev–Trinajstić information content (AvgIpc) is 2.46. The van der Waals surface area contributed by atoms with Crippen molar-refractivity contribution in [2.24, 2.45) is 5.92 Å². The Morgan fingerprint density at radius 3 is 2.67 bits per heavy atom. The van der Waals surface area contributed by atoms with Gasteiger partial charge in [0.05, 0.1) is 22.7 Å². The third-order valence-corrected chi connectivity index (χ3v) is 4.52. The summed E-state index contributed by atoms with van der Waals surface area (Å²) in [4.78, 5) is 0.655. The minimum absolute atomic E-state index is 0.213. The summed E-state index contributed by atoms with van der Waals surface area (Å²) in [5.41, 5.74) is 0. The lowest BCUT2D eigenvalue weighted by atomic mass is 10.2. The molecule has 0 spiro atoms. The standard InChI is InChI=1S/C15H23NO4S/c1-11(2)8-16-9-12(17)10-21(18)13-3-4-14-15(7-13)20-6-5-19-14/h3-4,7,11-12,16-17H,5-6,8-10H2,1-2H3. The van der Waals surface area contributed by atoms with Crippen LogP contribution in [0.3, 0.4) is 0 Å². The minimum Gasteiger partial charge on any atom is -0.486 e. The van der Waals surface area contributed by atoms with Crippen LogP contribution in [-0.2, 0) is 10.8 Å². The van der Waals surface area contributed by atoms with Crippen LogP contribution in [0.25, 0.3) is 0 Å². The smallest absolute Gasteiger partial charge is 0.162 e. The lowest BCUT2D eigenvalue weighted by molar-refractivity contribution is 0.171. The first kappa shape index (κ1) is 16.3. The van der Waals surface area contributed by atoms with E-state index in [-0.39, 0.29) is 5.75 Å².